The number of hydrogen-bond donors (Lipinski definition) is 3. The average molecular weight is 314 g/mol. The summed E-state index contributed by atoms with van der Waals surface area (Å²) in [6.07, 6.45) is -0.176. The smallest absolute Gasteiger partial charge is 0.328 e. The molecule has 0 saturated carbocycles. The van der Waals surface area contributed by atoms with Gasteiger partial charge >= 0.3 is 11.7 Å². The van der Waals surface area contributed by atoms with Gasteiger partial charge in [-0.15, -0.1) is 0 Å². The van der Waals surface area contributed by atoms with E-state index in [1.54, 1.807) is 25.1 Å². The van der Waals surface area contributed by atoms with Crippen molar-refractivity contribution in [3.8, 4) is 0 Å². The molecule has 0 fully saturated rings. The summed E-state index contributed by atoms with van der Waals surface area (Å²) in [6, 6.07) is 5.04. The van der Waals surface area contributed by atoms with Crippen LogP contribution in [-0.2, 0) is 17.8 Å². The maximum atomic E-state index is 12.1. The predicted octanol–water partition coefficient (Wildman–Crippen LogP) is 0.0806. The monoisotopic (exact) mass is 314 g/mol. The number of carboxylic acid groups (broad SMARTS) is 1. The number of anilines is 1. The van der Waals surface area contributed by atoms with Crippen molar-refractivity contribution in [2.45, 2.75) is 19.9 Å². The minimum absolute atomic E-state index is 0.155. The van der Waals surface area contributed by atoms with Gasteiger partial charge in [0, 0.05) is 0 Å². The number of aryl methyl sites for hydroxylation is 1. The van der Waals surface area contributed by atoms with Crippen molar-refractivity contribution < 1.29 is 9.90 Å². The van der Waals surface area contributed by atoms with E-state index in [0.717, 1.165) is 0 Å². The fraction of sp³-hybridized carbons (Fsp3) is 0.214. The second kappa shape index (κ2) is 5.52. The van der Waals surface area contributed by atoms with Crippen molar-refractivity contribution in [3.63, 3.8) is 0 Å². The molecule has 0 atom stereocenters. The largest absolute Gasteiger partial charge is 0.481 e. The molecule has 0 saturated heterocycles. The number of rotatable bonds is 4. The second-order valence-electron chi connectivity index (χ2n) is 5.06. The van der Waals surface area contributed by atoms with Crippen molar-refractivity contribution in [2.75, 3.05) is 5.73 Å². The first kappa shape index (κ1) is 14.7. The number of nitrogens with one attached hydrogen (secondary N) is 1. The van der Waals surface area contributed by atoms with Gasteiger partial charge in [-0.3, -0.25) is 14.3 Å². The molecule has 0 bridgehead atoms. The average Bonchev–Trinajstić information content (AvgIpc) is 2.76. The highest BCUT2D eigenvalue weighted by Crippen LogP contribution is 2.14. The number of aromatic amines is 1. The van der Waals surface area contributed by atoms with Gasteiger partial charge < -0.3 is 15.8 Å². The van der Waals surface area contributed by atoms with Gasteiger partial charge in [-0.2, -0.15) is 0 Å². The molecule has 9 heteroatoms. The summed E-state index contributed by atoms with van der Waals surface area (Å²) in [5.41, 5.74) is 7.17. The third-order valence-corrected chi connectivity index (χ3v) is 3.28. The molecule has 118 valence electrons. The summed E-state index contributed by atoms with van der Waals surface area (Å²) in [5.74, 6) is -0.304. The van der Waals surface area contributed by atoms with Gasteiger partial charge in [-0.25, -0.2) is 14.8 Å². The quantitative estimate of drug-likeness (QED) is 0.619. The Bertz CT molecular complexity index is 959. The van der Waals surface area contributed by atoms with Crippen LogP contribution >= 0.6 is 0 Å². The van der Waals surface area contributed by atoms with E-state index >= 15 is 0 Å². The topological polar surface area (TPSA) is 140 Å². The zero-order valence-electron chi connectivity index (χ0n) is 12.3. The molecule has 0 spiro atoms. The maximum absolute atomic E-state index is 12.1. The Morgan fingerprint density at radius 1 is 1.30 bits per heavy atom. The summed E-state index contributed by atoms with van der Waals surface area (Å²) in [5, 5.41) is 8.83. The highest BCUT2D eigenvalue weighted by atomic mass is 16.4. The molecular formula is C14H14N6O3. The Hall–Kier alpha value is -3.23. The van der Waals surface area contributed by atoms with Gasteiger partial charge in [-0.1, -0.05) is 6.07 Å². The Balaban J connectivity index is 2.03. The van der Waals surface area contributed by atoms with E-state index in [9.17, 15) is 9.59 Å². The standard InChI is InChI=1S/C14H14N6O3/c1-7-16-12(15)11-13(17-7)20(14(23)19-11)6-9-4-2-3-8(18-9)5-10(21)22/h2-4H,5-6H2,1H3,(H,19,23)(H,21,22)(H2,15,16,17). The molecule has 9 nitrogen and oxygen atoms in total. The number of carboxylic acids is 1. The number of aromatic nitrogens is 5. The van der Waals surface area contributed by atoms with Gasteiger partial charge in [-0.05, 0) is 19.1 Å². The van der Waals surface area contributed by atoms with Gasteiger partial charge in [0.05, 0.1) is 24.4 Å². The number of imidazole rings is 1. The lowest BCUT2D eigenvalue weighted by atomic mass is 10.2. The van der Waals surface area contributed by atoms with Crippen molar-refractivity contribution in [1.82, 2.24) is 24.5 Å². The van der Waals surface area contributed by atoms with E-state index in [4.69, 9.17) is 10.8 Å². The SMILES string of the molecule is Cc1nc(N)c2[nH]c(=O)n(Cc3cccc(CC(=O)O)n3)c2n1. The maximum Gasteiger partial charge on any atom is 0.328 e. The van der Waals surface area contributed by atoms with E-state index in [0.29, 0.717) is 28.4 Å². The van der Waals surface area contributed by atoms with Crippen LogP contribution in [0.15, 0.2) is 23.0 Å². The lowest BCUT2D eigenvalue weighted by Crippen LogP contribution is -2.19. The molecule has 0 aliphatic rings. The molecule has 0 aliphatic heterocycles. The lowest BCUT2D eigenvalue weighted by molar-refractivity contribution is -0.136. The van der Waals surface area contributed by atoms with E-state index in [1.165, 1.54) is 4.57 Å². The molecular weight excluding hydrogens is 300 g/mol. The van der Waals surface area contributed by atoms with Crippen LogP contribution in [0.1, 0.15) is 17.2 Å². The Morgan fingerprint density at radius 2 is 2.04 bits per heavy atom. The van der Waals surface area contributed by atoms with Gasteiger partial charge in [0.15, 0.2) is 11.5 Å². The van der Waals surface area contributed by atoms with Crippen LogP contribution in [0.25, 0.3) is 11.2 Å². The summed E-state index contributed by atoms with van der Waals surface area (Å²) in [6.45, 7) is 1.84. The molecule has 0 aromatic carbocycles. The normalized spacial score (nSPS) is 11.0. The van der Waals surface area contributed by atoms with E-state index in [-0.39, 0.29) is 24.5 Å². The molecule has 3 rings (SSSR count). The van der Waals surface area contributed by atoms with Crippen LogP contribution in [0, 0.1) is 6.92 Å². The van der Waals surface area contributed by atoms with Gasteiger partial charge in [0.1, 0.15) is 11.3 Å². The van der Waals surface area contributed by atoms with Crippen molar-refractivity contribution in [2.24, 2.45) is 0 Å². The number of aliphatic carboxylic acids is 1. The second-order valence-corrected chi connectivity index (χ2v) is 5.06. The van der Waals surface area contributed by atoms with Crippen molar-refractivity contribution in [3.05, 3.63) is 45.9 Å². The first-order valence-corrected chi connectivity index (χ1v) is 6.83. The molecule has 3 aromatic rings. The van der Waals surface area contributed by atoms with Crippen molar-refractivity contribution in [1.29, 1.82) is 0 Å². The van der Waals surface area contributed by atoms with E-state index < -0.39 is 5.97 Å². The number of hydrogen-bond acceptors (Lipinski definition) is 6. The van der Waals surface area contributed by atoms with Crippen LogP contribution in [-0.4, -0.2) is 35.6 Å². The number of nitrogen functional groups attached to an aromatic ring is 1. The zero-order chi connectivity index (χ0) is 16.6. The molecule has 0 aliphatic carbocycles. The summed E-state index contributed by atoms with van der Waals surface area (Å²) in [7, 11) is 0. The fourth-order valence-electron chi connectivity index (χ4n) is 2.34. The summed E-state index contributed by atoms with van der Waals surface area (Å²) < 4.78 is 1.40. The van der Waals surface area contributed by atoms with Gasteiger partial charge in [0.2, 0.25) is 0 Å². The van der Waals surface area contributed by atoms with Crippen molar-refractivity contribution >= 4 is 23.0 Å². The van der Waals surface area contributed by atoms with E-state index in [2.05, 4.69) is 19.9 Å². The number of pyridine rings is 1. The van der Waals surface area contributed by atoms with Crippen LogP contribution in [0.3, 0.4) is 0 Å². The third-order valence-electron chi connectivity index (χ3n) is 3.28. The van der Waals surface area contributed by atoms with E-state index in [1.807, 2.05) is 0 Å². The highest BCUT2D eigenvalue weighted by molar-refractivity contribution is 5.81. The third kappa shape index (κ3) is 2.89. The summed E-state index contributed by atoms with van der Waals surface area (Å²) in [4.78, 5) is 38.0. The number of H-pyrrole nitrogens is 1. The Kier molecular flexibility index (Phi) is 3.53. The van der Waals surface area contributed by atoms with Crippen LogP contribution in [0.2, 0.25) is 0 Å². The Labute approximate surface area is 129 Å². The highest BCUT2D eigenvalue weighted by Gasteiger charge is 2.13. The molecule has 0 radical (unpaired) electrons. The molecule has 4 N–H and O–H groups in total. The minimum Gasteiger partial charge on any atom is -0.481 e. The number of fused-ring (bicyclic) bond motifs is 1. The van der Waals surface area contributed by atoms with Gasteiger partial charge in [0.25, 0.3) is 0 Å². The molecule has 3 aromatic heterocycles. The molecule has 0 amide bonds. The first-order chi connectivity index (χ1) is 10.9. The number of carbonyl (C=O) groups is 1. The van der Waals surface area contributed by atoms with Crippen LogP contribution < -0.4 is 11.4 Å². The lowest BCUT2D eigenvalue weighted by Gasteiger charge is -2.05. The Morgan fingerprint density at radius 3 is 2.78 bits per heavy atom. The van der Waals surface area contributed by atoms with Crippen LogP contribution in [0.5, 0.6) is 0 Å². The summed E-state index contributed by atoms with van der Waals surface area (Å²) >= 11 is 0. The minimum atomic E-state index is -0.963. The number of nitrogens with zero attached hydrogens (tertiary/aromatic N) is 4. The molecule has 23 heavy (non-hydrogen) atoms. The zero-order valence-corrected chi connectivity index (χ0v) is 12.3. The molecule has 0 unspecified atom stereocenters. The van der Waals surface area contributed by atoms with Crippen LogP contribution in [0.4, 0.5) is 5.82 Å². The predicted molar refractivity (Wildman–Crippen MR) is 82.0 cm³/mol. The first-order valence-electron chi connectivity index (χ1n) is 6.83. The number of nitrogens with two attached hydrogens (primary N) is 1. The fourth-order valence-corrected chi connectivity index (χ4v) is 2.34. The molecule has 3 heterocycles.